The van der Waals surface area contributed by atoms with Crippen LogP contribution in [0.5, 0.6) is 0 Å². The fourth-order valence-corrected chi connectivity index (χ4v) is 1.23. The lowest BCUT2D eigenvalue weighted by atomic mass is 10.5. The number of nitrogens with zero attached hydrogens (tertiary/aromatic N) is 2. The first-order valence-electron chi connectivity index (χ1n) is 4.24. The van der Waals surface area contributed by atoms with Crippen LogP contribution in [0.2, 0.25) is 15.3 Å². The summed E-state index contributed by atoms with van der Waals surface area (Å²) >= 11 is 15.8. The van der Waals surface area contributed by atoms with Gasteiger partial charge in [-0.25, -0.2) is 18.7 Å². The summed E-state index contributed by atoms with van der Waals surface area (Å²) < 4.78 is 24.5. The third kappa shape index (κ3) is 4.42. The number of hydrogen-bond acceptors (Lipinski definition) is 2. The minimum Gasteiger partial charge on any atom is -0.242 e. The van der Waals surface area contributed by atoms with Crippen LogP contribution in [-0.4, -0.2) is 9.97 Å². The summed E-state index contributed by atoms with van der Waals surface area (Å²) in [6.07, 6.45) is 2.78. The smallest absolute Gasteiger partial charge is 0.179 e. The third-order valence-electron chi connectivity index (χ3n) is 1.51. The highest BCUT2D eigenvalue weighted by Gasteiger charge is 2.02. The van der Waals surface area contributed by atoms with E-state index in [9.17, 15) is 8.78 Å². The summed E-state index contributed by atoms with van der Waals surface area (Å²) in [4.78, 5) is 6.91. The number of rotatable bonds is 0. The van der Waals surface area contributed by atoms with Crippen LogP contribution in [-0.2, 0) is 0 Å². The monoisotopic (exact) mass is 296 g/mol. The maximum absolute atomic E-state index is 12.4. The van der Waals surface area contributed by atoms with Crippen molar-refractivity contribution in [1.82, 2.24) is 9.97 Å². The van der Waals surface area contributed by atoms with Crippen LogP contribution in [0.15, 0.2) is 30.6 Å². The van der Waals surface area contributed by atoms with Crippen molar-refractivity contribution >= 4 is 34.8 Å². The average molecular weight is 298 g/mol. The second-order valence-electron chi connectivity index (χ2n) is 2.67. The van der Waals surface area contributed by atoms with Gasteiger partial charge in [-0.05, 0) is 18.2 Å². The van der Waals surface area contributed by atoms with E-state index in [1.165, 1.54) is 30.6 Å². The van der Waals surface area contributed by atoms with Crippen molar-refractivity contribution < 1.29 is 8.78 Å². The molecule has 0 unspecified atom stereocenters. The highest BCUT2D eigenvalue weighted by Crippen LogP contribution is 2.18. The summed E-state index contributed by atoms with van der Waals surface area (Å²) in [5.74, 6) is -1.14. The topological polar surface area (TPSA) is 25.8 Å². The lowest BCUT2D eigenvalue weighted by Gasteiger charge is -1.91. The molecule has 0 aliphatic heterocycles. The van der Waals surface area contributed by atoms with Crippen molar-refractivity contribution in [2.75, 3.05) is 0 Å². The van der Waals surface area contributed by atoms with E-state index >= 15 is 0 Å². The maximum atomic E-state index is 12.4. The SMILES string of the molecule is Fc1c(Cl)ccnc1Cl.Fc1cccnc1Cl. The second kappa shape index (κ2) is 6.69. The normalized spacial score (nSPS) is 9.47. The summed E-state index contributed by atoms with van der Waals surface area (Å²) in [6.45, 7) is 0. The van der Waals surface area contributed by atoms with E-state index in [4.69, 9.17) is 34.8 Å². The van der Waals surface area contributed by atoms with Crippen molar-refractivity contribution in [2.24, 2.45) is 0 Å². The van der Waals surface area contributed by atoms with E-state index in [0.29, 0.717) is 0 Å². The second-order valence-corrected chi connectivity index (χ2v) is 3.80. The van der Waals surface area contributed by atoms with Crippen molar-refractivity contribution in [3.63, 3.8) is 0 Å². The van der Waals surface area contributed by atoms with Gasteiger partial charge in [0.25, 0.3) is 0 Å². The van der Waals surface area contributed by atoms with Crippen LogP contribution in [0, 0.1) is 11.6 Å². The van der Waals surface area contributed by atoms with Gasteiger partial charge in [0, 0.05) is 12.4 Å². The third-order valence-corrected chi connectivity index (χ3v) is 2.35. The van der Waals surface area contributed by atoms with Gasteiger partial charge in [0.1, 0.15) is 0 Å². The highest BCUT2D eigenvalue weighted by atomic mass is 35.5. The van der Waals surface area contributed by atoms with E-state index in [1.54, 1.807) is 0 Å². The molecule has 0 spiro atoms. The first-order chi connectivity index (χ1) is 8.02. The fraction of sp³-hybridized carbons (Fsp3) is 0. The van der Waals surface area contributed by atoms with Crippen LogP contribution in [0.4, 0.5) is 8.78 Å². The molecule has 0 aromatic carbocycles. The molecule has 2 aromatic rings. The average Bonchev–Trinajstić information content (AvgIpc) is 2.31. The van der Waals surface area contributed by atoms with E-state index in [1.807, 2.05) is 0 Å². The first-order valence-corrected chi connectivity index (χ1v) is 5.37. The van der Waals surface area contributed by atoms with E-state index < -0.39 is 11.6 Å². The Bertz CT molecular complexity index is 467. The molecule has 2 rings (SSSR count). The molecular weight excluding hydrogens is 292 g/mol. The summed E-state index contributed by atoms with van der Waals surface area (Å²) in [6, 6.07) is 4.08. The quantitative estimate of drug-likeness (QED) is 0.673. The van der Waals surface area contributed by atoms with Gasteiger partial charge in [-0.2, -0.15) is 0 Å². The lowest BCUT2D eigenvalue weighted by Crippen LogP contribution is -1.80. The van der Waals surface area contributed by atoms with Crippen LogP contribution in [0.3, 0.4) is 0 Å². The van der Waals surface area contributed by atoms with Gasteiger partial charge < -0.3 is 0 Å². The van der Waals surface area contributed by atoms with Gasteiger partial charge in [-0.15, -0.1) is 0 Å². The summed E-state index contributed by atoms with van der Waals surface area (Å²) in [5.41, 5.74) is 0. The molecule has 0 aliphatic carbocycles. The van der Waals surface area contributed by atoms with Crippen LogP contribution in [0.25, 0.3) is 0 Å². The molecule has 2 nitrogen and oxygen atoms in total. The van der Waals surface area contributed by atoms with Crippen LogP contribution < -0.4 is 0 Å². The summed E-state index contributed by atoms with van der Waals surface area (Å²) in [5, 5.41) is -0.273. The Labute approximate surface area is 111 Å². The largest absolute Gasteiger partial charge is 0.242 e. The molecule has 0 amide bonds. The fourth-order valence-electron chi connectivity index (χ4n) is 0.763. The molecule has 0 bridgehead atoms. The first kappa shape index (κ1) is 14.1. The van der Waals surface area contributed by atoms with Gasteiger partial charge in [0.15, 0.2) is 21.9 Å². The molecule has 90 valence electrons. The van der Waals surface area contributed by atoms with Crippen molar-refractivity contribution in [3.05, 3.63) is 57.6 Å². The molecule has 2 aromatic heterocycles. The standard InChI is InChI=1S/C5H2Cl2FN.C5H3ClFN/c6-3-1-2-9-5(7)4(3)8;6-5-4(7)2-1-3-8-5/h1-2H;1-3H. The van der Waals surface area contributed by atoms with Crippen LogP contribution in [0.1, 0.15) is 0 Å². The molecule has 0 N–H and O–H groups in total. The Morgan fingerprint density at radius 1 is 0.882 bits per heavy atom. The lowest BCUT2D eigenvalue weighted by molar-refractivity contribution is 0.622. The van der Waals surface area contributed by atoms with E-state index in [2.05, 4.69) is 9.97 Å². The molecule has 0 radical (unpaired) electrons. The molecule has 0 fully saturated rings. The molecular formula is C10H5Cl3F2N2. The highest BCUT2D eigenvalue weighted by molar-refractivity contribution is 6.34. The van der Waals surface area contributed by atoms with Crippen LogP contribution >= 0.6 is 34.8 Å². The Hall–Kier alpha value is -0.970. The zero-order valence-corrected chi connectivity index (χ0v) is 10.4. The molecule has 0 atom stereocenters. The van der Waals surface area contributed by atoms with Gasteiger partial charge in [0.2, 0.25) is 0 Å². The van der Waals surface area contributed by atoms with Gasteiger partial charge in [-0.3, -0.25) is 0 Å². The number of hydrogen-bond donors (Lipinski definition) is 0. The van der Waals surface area contributed by atoms with Crippen molar-refractivity contribution in [3.8, 4) is 0 Å². The van der Waals surface area contributed by atoms with E-state index in [-0.39, 0.29) is 15.3 Å². The minimum atomic E-state index is -0.666. The van der Waals surface area contributed by atoms with Crippen molar-refractivity contribution in [1.29, 1.82) is 0 Å². The molecule has 0 saturated heterocycles. The zero-order valence-electron chi connectivity index (χ0n) is 8.17. The predicted octanol–water partition coefficient (Wildman–Crippen LogP) is 4.40. The molecule has 0 aliphatic rings. The Morgan fingerprint density at radius 3 is 1.94 bits per heavy atom. The minimum absolute atomic E-state index is 0.00463. The number of pyridine rings is 2. The summed E-state index contributed by atoms with van der Waals surface area (Å²) in [7, 11) is 0. The van der Waals surface area contributed by atoms with Gasteiger partial charge >= 0.3 is 0 Å². The molecule has 7 heteroatoms. The predicted molar refractivity (Wildman–Crippen MR) is 63.4 cm³/mol. The van der Waals surface area contributed by atoms with Crippen molar-refractivity contribution in [2.45, 2.75) is 0 Å². The Morgan fingerprint density at radius 2 is 1.53 bits per heavy atom. The van der Waals surface area contributed by atoms with Gasteiger partial charge in [0.05, 0.1) is 5.02 Å². The van der Waals surface area contributed by atoms with Gasteiger partial charge in [-0.1, -0.05) is 34.8 Å². The number of halogens is 5. The Balaban J connectivity index is 0.000000171. The Kier molecular flexibility index (Phi) is 5.55. The molecule has 0 saturated carbocycles. The molecule has 2 heterocycles. The maximum Gasteiger partial charge on any atom is 0.179 e. The zero-order chi connectivity index (χ0) is 12.8. The molecule has 17 heavy (non-hydrogen) atoms. The van der Waals surface area contributed by atoms with E-state index in [0.717, 1.165) is 0 Å². The number of aromatic nitrogens is 2.